The molecule has 1 nitrogen and oxygen atoms in total. The summed E-state index contributed by atoms with van der Waals surface area (Å²) in [4.78, 5) is 11.9. The molecule has 0 radical (unpaired) electrons. The fraction of sp³-hybridized carbons (Fsp3) is 0.909. The van der Waals surface area contributed by atoms with Crippen LogP contribution in [0.2, 0.25) is 0 Å². The van der Waals surface area contributed by atoms with Gasteiger partial charge in [0.1, 0.15) is 5.78 Å². The van der Waals surface area contributed by atoms with Gasteiger partial charge in [-0.15, -0.1) is 0 Å². The molecule has 0 heterocycles. The number of carbonyl (C=O) groups excluding carboxylic acids is 1. The van der Waals surface area contributed by atoms with Crippen LogP contribution in [0.4, 0.5) is 0 Å². The van der Waals surface area contributed by atoms with E-state index in [1.807, 2.05) is 0 Å². The first-order valence-corrected chi connectivity index (χ1v) is 5.33. The van der Waals surface area contributed by atoms with Gasteiger partial charge in [0.15, 0.2) is 0 Å². The largest absolute Gasteiger partial charge is 0.299 e. The first-order chi connectivity index (χ1) is 5.79. The summed E-state index contributed by atoms with van der Waals surface area (Å²) >= 11 is 0. The second-order valence-corrected chi connectivity index (χ2v) is 4.99. The molecule has 0 unspecified atom stereocenters. The molecule has 3 aliphatic carbocycles. The molecule has 0 bridgehead atoms. The summed E-state index contributed by atoms with van der Waals surface area (Å²) in [6.45, 7) is 0. The summed E-state index contributed by atoms with van der Waals surface area (Å²) in [5.74, 6) is 0.623. The Labute approximate surface area is 73.5 Å². The fourth-order valence-corrected chi connectivity index (χ4v) is 4.37. The summed E-state index contributed by atoms with van der Waals surface area (Å²) in [5.41, 5.74) is 0.733. The van der Waals surface area contributed by atoms with E-state index in [0.29, 0.717) is 11.2 Å². The van der Waals surface area contributed by atoms with Gasteiger partial charge in [0, 0.05) is 11.8 Å². The van der Waals surface area contributed by atoms with Gasteiger partial charge in [-0.2, -0.15) is 0 Å². The summed E-state index contributed by atoms with van der Waals surface area (Å²) in [6, 6.07) is 0. The van der Waals surface area contributed by atoms with Crippen LogP contribution in [0.15, 0.2) is 0 Å². The maximum Gasteiger partial charge on any atom is 0.139 e. The molecule has 0 aromatic rings. The van der Waals surface area contributed by atoms with Crippen LogP contribution in [0, 0.1) is 10.8 Å². The zero-order valence-electron chi connectivity index (χ0n) is 7.57. The van der Waals surface area contributed by atoms with Gasteiger partial charge in [-0.3, -0.25) is 4.79 Å². The van der Waals surface area contributed by atoms with Crippen molar-refractivity contribution in [2.24, 2.45) is 10.8 Å². The van der Waals surface area contributed by atoms with Gasteiger partial charge >= 0.3 is 0 Å². The lowest BCUT2D eigenvalue weighted by Gasteiger charge is -2.32. The van der Waals surface area contributed by atoms with E-state index in [1.165, 1.54) is 44.9 Å². The SMILES string of the molecule is O=C1CCC23CCCC12CCC3. The Balaban J connectivity index is 2.13. The highest BCUT2D eigenvalue weighted by molar-refractivity contribution is 5.89. The highest BCUT2D eigenvalue weighted by Crippen LogP contribution is 2.69. The van der Waals surface area contributed by atoms with Crippen molar-refractivity contribution in [2.45, 2.75) is 51.4 Å². The third-order valence-corrected chi connectivity index (χ3v) is 4.90. The van der Waals surface area contributed by atoms with Gasteiger partial charge in [-0.05, 0) is 37.5 Å². The van der Waals surface area contributed by atoms with Crippen LogP contribution in [-0.4, -0.2) is 5.78 Å². The second kappa shape index (κ2) is 1.94. The Morgan fingerprint density at radius 1 is 0.917 bits per heavy atom. The third-order valence-electron chi connectivity index (χ3n) is 4.90. The summed E-state index contributed by atoms with van der Waals surface area (Å²) in [6.07, 6.45) is 9.96. The van der Waals surface area contributed by atoms with E-state index >= 15 is 0 Å². The van der Waals surface area contributed by atoms with Crippen LogP contribution in [-0.2, 0) is 4.79 Å². The third kappa shape index (κ3) is 0.541. The Morgan fingerprint density at radius 2 is 1.58 bits per heavy atom. The van der Waals surface area contributed by atoms with Gasteiger partial charge in [-0.25, -0.2) is 0 Å². The maximum atomic E-state index is 11.9. The zero-order chi connectivity index (χ0) is 8.23. The topological polar surface area (TPSA) is 17.1 Å². The van der Waals surface area contributed by atoms with Crippen LogP contribution >= 0.6 is 0 Å². The van der Waals surface area contributed by atoms with Gasteiger partial charge in [0.2, 0.25) is 0 Å². The molecule has 0 aromatic carbocycles. The van der Waals surface area contributed by atoms with Gasteiger partial charge < -0.3 is 0 Å². The predicted molar refractivity (Wildman–Crippen MR) is 46.8 cm³/mol. The van der Waals surface area contributed by atoms with E-state index in [4.69, 9.17) is 0 Å². The monoisotopic (exact) mass is 164 g/mol. The minimum atomic E-state index is 0.215. The van der Waals surface area contributed by atoms with Crippen LogP contribution < -0.4 is 0 Å². The molecule has 0 spiro atoms. The molecule has 3 fully saturated rings. The molecule has 0 atom stereocenters. The molecule has 12 heavy (non-hydrogen) atoms. The number of hydrogen-bond acceptors (Lipinski definition) is 1. The smallest absolute Gasteiger partial charge is 0.139 e. The van der Waals surface area contributed by atoms with E-state index in [1.54, 1.807) is 0 Å². The van der Waals surface area contributed by atoms with Crippen molar-refractivity contribution < 1.29 is 4.79 Å². The molecule has 3 aliphatic rings. The Bertz CT molecular complexity index is 231. The Morgan fingerprint density at radius 3 is 2.17 bits per heavy atom. The number of rotatable bonds is 0. The first-order valence-electron chi connectivity index (χ1n) is 5.33. The molecule has 0 amide bonds. The lowest BCUT2D eigenvalue weighted by Crippen LogP contribution is -2.31. The molecular weight excluding hydrogens is 148 g/mol. The lowest BCUT2D eigenvalue weighted by atomic mass is 9.70. The highest BCUT2D eigenvalue weighted by Gasteiger charge is 2.64. The molecular formula is C11H16O. The quantitative estimate of drug-likeness (QED) is 0.538. The number of ketones is 1. The maximum absolute atomic E-state index is 11.9. The second-order valence-electron chi connectivity index (χ2n) is 4.99. The van der Waals surface area contributed by atoms with Crippen molar-refractivity contribution in [3.63, 3.8) is 0 Å². The molecule has 3 saturated carbocycles. The van der Waals surface area contributed by atoms with Crippen LogP contribution in [0.5, 0.6) is 0 Å². The number of carbonyl (C=O) groups is 1. The standard InChI is InChI=1S/C11H16O/c12-9-3-8-10-4-1-6-11(9,10)7-2-5-10/h1-8H2. The summed E-state index contributed by atoms with van der Waals surface area (Å²) < 4.78 is 0. The van der Waals surface area contributed by atoms with Crippen molar-refractivity contribution in [1.29, 1.82) is 0 Å². The minimum absolute atomic E-state index is 0.215. The molecule has 1 heteroatoms. The minimum Gasteiger partial charge on any atom is -0.299 e. The molecule has 0 aliphatic heterocycles. The number of hydrogen-bond donors (Lipinski definition) is 0. The fourth-order valence-electron chi connectivity index (χ4n) is 4.37. The van der Waals surface area contributed by atoms with Crippen molar-refractivity contribution in [2.75, 3.05) is 0 Å². The molecule has 66 valence electrons. The zero-order valence-corrected chi connectivity index (χ0v) is 7.57. The van der Waals surface area contributed by atoms with E-state index in [2.05, 4.69) is 0 Å². The van der Waals surface area contributed by atoms with Gasteiger partial charge in [0.05, 0.1) is 0 Å². The van der Waals surface area contributed by atoms with Gasteiger partial charge in [-0.1, -0.05) is 12.8 Å². The van der Waals surface area contributed by atoms with E-state index in [9.17, 15) is 4.79 Å². The summed E-state index contributed by atoms with van der Waals surface area (Å²) in [5, 5.41) is 0. The Hall–Kier alpha value is -0.330. The van der Waals surface area contributed by atoms with Crippen LogP contribution in [0.3, 0.4) is 0 Å². The van der Waals surface area contributed by atoms with E-state index in [-0.39, 0.29) is 5.41 Å². The molecule has 0 saturated heterocycles. The van der Waals surface area contributed by atoms with Crippen LogP contribution in [0.1, 0.15) is 51.4 Å². The highest BCUT2D eigenvalue weighted by atomic mass is 16.1. The van der Waals surface area contributed by atoms with E-state index in [0.717, 1.165) is 6.42 Å². The predicted octanol–water partition coefficient (Wildman–Crippen LogP) is 2.69. The normalized spacial score (nSPS) is 51.2. The number of Topliss-reactive ketones (excluding diaryl/α,β-unsaturated/α-hetero) is 1. The molecule has 0 N–H and O–H groups in total. The average molecular weight is 164 g/mol. The lowest BCUT2D eigenvalue weighted by molar-refractivity contribution is -0.127. The molecule has 3 rings (SSSR count). The average Bonchev–Trinajstić information content (AvgIpc) is 2.58. The first kappa shape index (κ1) is 7.11. The van der Waals surface area contributed by atoms with Crippen molar-refractivity contribution in [1.82, 2.24) is 0 Å². The Kier molecular flexibility index (Phi) is 1.15. The van der Waals surface area contributed by atoms with E-state index < -0.39 is 0 Å². The van der Waals surface area contributed by atoms with Crippen molar-refractivity contribution in [3.8, 4) is 0 Å². The van der Waals surface area contributed by atoms with Crippen LogP contribution in [0.25, 0.3) is 0 Å². The van der Waals surface area contributed by atoms with Crippen molar-refractivity contribution in [3.05, 3.63) is 0 Å². The molecule has 0 aromatic heterocycles. The van der Waals surface area contributed by atoms with Crippen molar-refractivity contribution >= 4 is 5.78 Å². The van der Waals surface area contributed by atoms with Gasteiger partial charge in [0.25, 0.3) is 0 Å². The summed E-state index contributed by atoms with van der Waals surface area (Å²) in [7, 11) is 0.